The van der Waals surface area contributed by atoms with E-state index in [1.807, 2.05) is 74.5 Å². The van der Waals surface area contributed by atoms with E-state index in [1.54, 1.807) is 27.0 Å². The summed E-state index contributed by atoms with van der Waals surface area (Å²) in [5.41, 5.74) is 12.3. The number of guanidine groups is 1. The number of benzene rings is 3. The van der Waals surface area contributed by atoms with Crippen molar-refractivity contribution in [2.45, 2.75) is 71.7 Å². The van der Waals surface area contributed by atoms with E-state index in [1.165, 1.54) is 0 Å². The van der Waals surface area contributed by atoms with Gasteiger partial charge in [-0.3, -0.25) is 19.4 Å². The molecule has 13 nitrogen and oxygen atoms in total. The number of anilines is 1. The highest BCUT2D eigenvalue weighted by molar-refractivity contribution is 6.05. The van der Waals surface area contributed by atoms with Gasteiger partial charge >= 0.3 is 6.09 Å². The van der Waals surface area contributed by atoms with Crippen molar-refractivity contribution < 1.29 is 28.7 Å². The number of fused-ring (bicyclic) bond motifs is 1. The highest BCUT2D eigenvalue weighted by Gasteiger charge is 2.31. The molecule has 13 heteroatoms. The zero-order valence-electron chi connectivity index (χ0n) is 28.8. The minimum Gasteiger partial charge on any atom is -0.497 e. The summed E-state index contributed by atoms with van der Waals surface area (Å²) in [7, 11) is 1.56. The van der Waals surface area contributed by atoms with Crippen LogP contribution in [-0.2, 0) is 25.7 Å². The topological polar surface area (TPSA) is 199 Å². The largest absolute Gasteiger partial charge is 0.497 e. The number of alkyl carbamates (subject to hydrolysis) is 1. The fourth-order valence-electron chi connectivity index (χ4n) is 5.14. The van der Waals surface area contributed by atoms with Gasteiger partial charge in [-0.1, -0.05) is 76.2 Å². The SMILES string of the molecule is COc1ccc2cccc(NC(=O)[C@@H](CCCN=C(N)N)NC(=O)[C@H](CC(C)C)NC(=O)[C@@H](NC(=O)OCc3ccccc3)C(C)C)c2c1. The molecule has 49 heavy (non-hydrogen) atoms. The quantitative estimate of drug-likeness (QED) is 0.0705. The Hall–Kier alpha value is -5.33. The molecule has 0 aromatic heterocycles. The number of nitrogens with two attached hydrogens (primary N) is 2. The number of rotatable bonds is 17. The molecule has 264 valence electrons. The van der Waals surface area contributed by atoms with Gasteiger partial charge in [0.05, 0.1) is 7.11 Å². The van der Waals surface area contributed by atoms with Gasteiger partial charge in [0.15, 0.2) is 5.96 Å². The number of nitrogens with one attached hydrogen (secondary N) is 4. The van der Waals surface area contributed by atoms with E-state index in [4.69, 9.17) is 20.9 Å². The molecule has 8 N–H and O–H groups in total. The maximum absolute atomic E-state index is 13.8. The summed E-state index contributed by atoms with van der Waals surface area (Å²) in [6.45, 7) is 7.68. The molecule has 0 radical (unpaired) electrons. The molecule has 0 heterocycles. The first kappa shape index (κ1) is 38.1. The first-order chi connectivity index (χ1) is 23.4. The number of amides is 4. The number of methoxy groups -OCH3 is 1. The predicted molar refractivity (Wildman–Crippen MR) is 191 cm³/mol. The standard InChI is InChI=1S/C36H49N7O6/c1-22(2)19-30(42-34(46)31(23(3)4)43-36(47)49-21-24-11-7-6-8-12-24)33(45)41-29(15-10-18-39-35(37)38)32(44)40-28-14-9-13-25-16-17-26(48-5)20-27(25)28/h6-9,11-14,16-17,20,22-23,29-31H,10,15,18-19,21H2,1-5H3,(H,40,44)(H,41,45)(H,42,46)(H,43,47)(H4,37,38,39)/t29-,30+,31+/m1/s1. The second-order valence-corrected chi connectivity index (χ2v) is 12.5. The molecule has 0 aliphatic rings. The van der Waals surface area contributed by atoms with Gasteiger partial charge in [-0.15, -0.1) is 0 Å². The number of ether oxygens (including phenoxy) is 2. The van der Waals surface area contributed by atoms with Gasteiger partial charge in [0.1, 0.15) is 30.5 Å². The van der Waals surface area contributed by atoms with Gasteiger partial charge in [-0.25, -0.2) is 4.79 Å². The number of aliphatic imine (C=N–C) groups is 1. The minimum absolute atomic E-state index is 0.0113. The van der Waals surface area contributed by atoms with Crippen LogP contribution in [0, 0.1) is 11.8 Å². The van der Waals surface area contributed by atoms with Crippen LogP contribution in [0.25, 0.3) is 10.8 Å². The van der Waals surface area contributed by atoms with Crippen LogP contribution in [0.15, 0.2) is 71.7 Å². The molecule has 0 aliphatic carbocycles. The molecular formula is C36H49N7O6. The van der Waals surface area contributed by atoms with Crippen LogP contribution in [0.3, 0.4) is 0 Å². The number of nitrogens with zero attached hydrogens (tertiary/aromatic N) is 1. The maximum atomic E-state index is 13.8. The van der Waals surface area contributed by atoms with Gasteiger partial charge in [0, 0.05) is 17.6 Å². The molecule has 0 bridgehead atoms. The fraction of sp³-hybridized carbons (Fsp3) is 0.417. The molecule has 0 saturated carbocycles. The van der Waals surface area contributed by atoms with Crippen LogP contribution < -0.4 is 37.5 Å². The lowest BCUT2D eigenvalue weighted by Gasteiger charge is -2.27. The van der Waals surface area contributed by atoms with E-state index < -0.39 is 41.9 Å². The molecule has 4 amide bonds. The Bertz CT molecular complexity index is 1590. The predicted octanol–water partition coefficient (Wildman–Crippen LogP) is 3.81. The number of hydrogen-bond acceptors (Lipinski definition) is 7. The number of hydrogen-bond donors (Lipinski definition) is 6. The second kappa shape index (κ2) is 18.9. The fourth-order valence-corrected chi connectivity index (χ4v) is 5.14. The third-order valence-corrected chi connectivity index (χ3v) is 7.70. The summed E-state index contributed by atoms with van der Waals surface area (Å²) in [5, 5.41) is 12.9. The van der Waals surface area contributed by atoms with Crippen molar-refractivity contribution in [1.82, 2.24) is 16.0 Å². The molecule has 0 saturated heterocycles. The third kappa shape index (κ3) is 12.3. The Labute approximate surface area is 287 Å². The van der Waals surface area contributed by atoms with Crippen molar-refractivity contribution >= 4 is 46.2 Å². The number of carbonyl (C=O) groups is 4. The second-order valence-electron chi connectivity index (χ2n) is 12.5. The molecule has 3 aromatic rings. The Morgan fingerprint density at radius 1 is 0.816 bits per heavy atom. The molecule has 0 fully saturated rings. The molecule has 0 aliphatic heterocycles. The van der Waals surface area contributed by atoms with Gasteiger partial charge in [0.25, 0.3) is 0 Å². The third-order valence-electron chi connectivity index (χ3n) is 7.70. The van der Waals surface area contributed by atoms with Crippen molar-refractivity contribution in [2.24, 2.45) is 28.3 Å². The number of carbonyl (C=O) groups excluding carboxylic acids is 4. The van der Waals surface area contributed by atoms with E-state index >= 15 is 0 Å². The Kier molecular flexibility index (Phi) is 14.7. The summed E-state index contributed by atoms with van der Waals surface area (Å²) >= 11 is 0. The van der Waals surface area contributed by atoms with E-state index in [-0.39, 0.29) is 43.8 Å². The summed E-state index contributed by atoms with van der Waals surface area (Å²) in [6.07, 6.45) is 0.136. The van der Waals surface area contributed by atoms with Crippen LogP contribution in [0.5, 0.6) is 5.75 Å². The van der Waals surface area contributed by atoms with Crippen molar-refractivity contribution in [3.8, 4) is 5.75 Å². The zero-order valence-corrected chi connectivity index (χ0v) is 28.8. The van der Waals surface area contributed by atoms with Gasteiger partial charge < -0.3 is 42.2 Å². The molecule has 3 aromatic carbocycles. The highest BCUT2D eigenvalue weighted by Crippen LogP contribution is 2.27. The van der Waals surface area contributed by atoms with Crippen LogP contribution in [0.2, 0.25) is 0 Å². The molecule has 0 unspecified atom stereocenters. The van der Waals surface area contributed by atoms with Gasteiger partial charge in [-0.05, 0) is 60.2 Å². The molecular weight excluding hydrogens is 626 g/mol. The Balaban J connectivity index is 1.77. The zero-order chi connectivity index (χ0) is 35.9. The van der Waals surface area contributed by atoms with E-state index in [0.717, 1.165) is 16.3 Å². The lowest BCUT2D eigenvalue weighted by Crippen LogP contribution is -2.57. The van der Waals surface area contributed by atoms with Crippen molar-refractivity contribution in [2.75, 3.05) is 19.0 Å². The van der Waals surface area contributed by atoms with E-state index in [2.05, 4.69) is 26.3 Å². The van der Waals surface area contributed by atoms with Gasteiger partial charge in [0.2, 0.25) is 17.7 Å². The minimum atomic E-state index is -0.995. The summed E-state index contributed by atoms with van der Waals surface area (Å²) in [4.78, 5) is 57.7. The normalized spacial score (nSPS) is 12.8. The molecule has 0 spiro atoms. The smallest absolute Gasteiger partial charge is 0.408 e. The summed E-state index contributed by atoms with van der Waals surface area (Å²) in [5.74, 6) is -1.30. The lowest BCUT2D eigenvalue weighted by molar-refractivity contribution is -0.132. The molecule has 3 atom stereocenters. The average Bonchev–Trinajstić information content (AvgIpc) is 3.07. The van der Waals surface area contributed by atoms with E-state index in [0.29, 0.717) is 17.9 Å². The molecule has 3 rings (SSSR count). The van der Waals surface area contributed by atoms with Crippen LogP contribution in [0.1, 0.15) is 52.5 Å². The van der Waals surface area contributed by atoms with Crippen LogP contribution in [0.4, 0.5) is 10.5 Å². The Morgan fingerprint density at radius 2 is 1.53 bits per heavy atom. The Morgan fingerprint density at radius 3 is 2.18 bits per heavy atom. The van der Waals surface area contributed by atoms with Crippen molar-refractivity contribution in [3.63, 3.8) is 0 Å². The van der Waals surface area contributed by atoms with Crippen LogP contribution >= 0.6 is 0 Å². The monoisotopic (exact) mass is 675 g/mol. The maximum Gasteiger partial charge on any atom is 0.408 e. The van der Waals surface area contributed by atoms with Gasteiger partial charge in [-0.2, -0.15) is 0 Å². The van der Waals surface area contributed by atoms with Crippen LogP contribution in [-0.4, -0.2) is 61.6 Å². The highest BCUT2D eigenvalue weighted by atomic mass is 16.5. The lowest BCUT2D eigenvalue weighted by atomic mass is 9.99. The average molecular weight is 676 g/mol. The first-order valence-corrected chi connectivity index (χ1v) is 16.4. The summed E-state index contributed by atoms with van der Waals surface area (Å²) < 4.78 is 10.7. The first-order valence-electron chi connectivity index (χ1n) is 16.4. The van der Waals surface area contributed by atoms with Crippen molar-refractivity contribution in [1.29, 1.82) is 0 Å². The summed E-state index contributed by atoms with van der Waals surface area (Å²) in [6, 6.07) is 17.3. The van der Waals surface area contributed by atoms with E-state index in [9.17, 15) is 19.2 Å². The van der Waals surface area contributed by atoms with Crippen molar-refractivity contribution in [3.05, 3.63) is 72.3 Å².